The molecule has 2 aromatic carbocycles. The van der Waals surface area contributed by atoms with Gasteiger partial charge in [0, 0.05) is 37.7 Å². The predicted molar refractivity (Wildman–Crippen MR) is 128 cm³/mol. The van der Waals surface area contributed by atoms with Gasteiger partial charge in [-0.15, -0.1) is 5.10 Å². The molecule has 1 aromatic heterocycles. The molecule has 2 heterocycles. The quantitative estimate of drug-likeness (QED) is 0.570. The summed E-state index contributed by atoms with van der Waals surface area (Å²) in [6.07, 6.45) is 1.70. The first-order chi connectivity index (χ1) is 16.0. The second-order valence-corrected chi connectivity index (χ2v) is 8.68. The first-order valence-corrected chi connectivity index (χ1v) is 11.6. The highest BCUT2D eigenvalue weighted by Crippen LogP contribution is 2.25. The molecule has 174 valence electrons. The first-order valence-electron chi connectivity index (χ1n) is 11.6. The van der Waals surface area contributed by atoms with Crippen LogP contribution >= 0.6 is 0 Å². The zero-order valence-corrected chi connectivity index (χ0v) is 19.6. The van der Waals surface area contributed by atoms with Gasteiger partial charge in [-0.1, -0.05) is 36.8 Å². The van der Waals surface area contributed by atoms with Gasteiger partial charge in [-0.05, 0) is 60.0 Å². The fourth-order valence-electron chi connectivity index (χ4n) is 4.09. The van der Waals surface area contributed by atoms with Crippen LogP contribution in [-0.2, 0) is 11.2 Å². The van der Waals surface area contributed by atoms with Gasteiger partial charge < -0.3 is 10.1 Å². The molecule has 4 rings (SSSR count). The zero-order chi connectivity index (χ0) is 23.2. The topological polar surface area (TPSA) is 85.2 Å². The summed E-state index contributed by atoms with van der Waals surface area (Å²) in [6.45, 7) is 10.3. The molecule has 1 unspecified atom stereocenters. The number of ether oxygens (including phenoxy) is 1. The number of carbonyl (C=O) groups is 1. The Hall–Kier alpha value is -3.10. The molecule has 33 heavy (non-hydrogen) atoms. The monoisotopic (exact) mass is 448 g/mol. The molecule has 1 N–H and O–H groups in total. The lowest BCUT2D eigenvalue weighted by atomic mass is 10.0. The highest BCUT2D eigenvalue weighted by Gasteiger charge is 2.18. The van der Waals surface area contributed by atoms with E-state index in [0.29, 0.717) is 5.56 Å². The van der Waals surface area contributed by atoms with Crippen molar-refractivity contribution in [2.75, 3.05) is 32.8 Å². The van der Waals surface area contributed by atoms with E-state index in [0.717, 1.165) is 68.3 Å². The summed E-state index contributed by atoms with van der Waals surface area (Å²) in [6, 6.07) is 14.2. The van der Waals surface area contributed by atoms with Gasteiger partial charge in [-0.3, -0.25) is 9.69 Å². The summed E-state index contributed by atoms with van der Waals surface area (Å²) >= 11 is 0. The molecule has 0 spiro atoms. The molecule has 0 bridgehead atoms. The number of nitrogens with zero attached hydrogens (tertiary/aromatic N) is 5. The third-order valence-corrected chi connectivity index (χ3v) is 5.83. The van der Waals surface area contributed by atoms with Crippen LogP contribution in [-0.4, -0.2) is 69.9 Å². The Morgan fingerprint density at radius 1 is 1.12 bits per heavy atom. The van der Waals surface area contributed by atoms with Crippen molar-refractivity contribution in [2.24, 2.45) is 0 Å². The first kappa shape index (κ1) is 23.1. The molecule has 1 saturated heterocycles. The Morgan fingerprint density at radius 3 is 2.61 bits per heavy atom. The van der Waals surface area contributed by atoms with E-state index in [4.69, 9.17) is 4.74 Å². The lowest BCUT2D eigenvalue weighted by Crippen LogP contribution is -2.46. The van der Waals surface area contributed by atoms with Crippen molar-refractivity contribution in [1.82, 2.24) is 30.4 Å². The normalized spacial score (nSPS) is 15.4. The van der Waals surface area contributed by atoms with Crippen LogP contribution < -0.4 is 5.32 Å². The van der Waals surface area contributed by atoms with Crippen LogP contribution in [0.15, 0.2) is 42.5 Å². The molecular weight excluding hydrogens is 416 g/mol. The summed E-state index contributed by atoms with van der Waals surface area (Å²) in [5.41, 5.74) is 4.57. The minimum atomic E-state index is -0.101. The van der Waals surface area contributed by atoms with E-state index in [2.05, 4.69) is 63.9 Å². The van der Waals surface area contributed by atoms with Gasteiger partial charge in [-0.2, -0.15) is 4.68 Å². The van der Waals surface area contributed by atoms with E-state index in [1.54, 1.807) is 4.68 Å². The minimum absolute atomic E-state index is 0.0192. The van der Waals surface area contributed by atoms with Gasteiger partial charge >= 0.3 is 0 Å². The SMILES string of the molecule is CCCc1nnnn1-c1cc(C(=O)NC(C)CN2CCOCC2)cc(-c2ccc(C)cc2)c1. The molecule has 1 aliphatic heterocycles. The van der Waals surface area contributed by atoms with Crippen molar-refractivity contribution in [3.05, 3.63) is 59.4 Å². The van der Waals surface area contributed by atoms with Crippen LogP contribution in [0.2, 0.25) is 0 Å². The smallest absolute Gasteiger partial charge is 0.251 e. The minimum Gasteiger partial charge on any atom is -0.379 e. The standard InChI is InChI=1S/C25H32N6O2/c1-4-5-24-27-28-29-31(24)23-15-21(20-8-6-18(2)7-9-20)14-22(16-23)25(32)26-19(3)17-30-10-12-33-13-11-30/h6-9,14-16,19H,4-5,10-13,17H2,1-3H3,(H,26,32). The van der Waals surface area contributed by atoms with E-state index in [9.17, 15) is 4.79 Å². The molecule has 1 aliphatic rings. The maximum Gasteiger partial charge on any atom is 0.251 e. The second-order valence-electron chi connectivity index (χ2n) is 8.68. The second kappa shape index (κ2) is 10.7. The number of nitrogens with one attached hydrogen (secondary N) is 1. The van der Waals surface area contributed by atoms with Crippen molar-refractivity contribution < 1.29 is 9.53 Å². The number of benzene rings is 2. The van der Waals surface area contributed by atoms with Gasteiger partial charge in [0.15, 0.2) is 5.82 Å². The third-order valence-electron chi connectivity index (χ3n) is 5.83. The molecular formula is C25H32N6O2. The van der Waals surface area contributed by atoms with E-state index in [-0.39, 0.29) is 11.9 Å². The number of hydrogen-bond donors (Lipinski definition) is 1. The van der Waals surface area contributed by atoms with E-state index in [1.165, 1.54) is 5.56 Å². The molecule has 0 radical (unpaired) electrons. The number of rotatable bonds is 8. The molecule has 1 amide bonds. The molecule has 8 nitrogen and oxygen atoms in total. The maximum atomic E-state index is 13.3. The Labute approximate surface area is 194 Å². The Kier molecular flexibility index (Phi) is 7.47. The van der Waals surface area contributed by atoms with E-state index >= 15 is 0 Å². The van der Waals surface area contributed by atoms with Crippen LogP contribution in [0, 0.1) is 6.92 Å². The zero-order valence-electron chi connectivity index (χ0n) is 19.6. The lowest BCUT2D eigenvalue weighted by Gasteiger charge is -2.29. The van der Waals surface area contributed by atoms with Crippen molar-refractivity contribution >= 4 is 5.91 Å². The summed E-state index contributed by atoms with van der Waals surface area (Å²) in [7, 11) is 0. The number of morpholine rings is 1. The average Bonchev–Trinajstić information content (AvgIpc) is 3.28. The predicted octanol–water partition coefficient (Wildman–Crippen LogP) is 3.04. The van der Waals surface area contributed by atoms with E-state index < -0.39 is 0 Å². The summed E-state index contributed by atoms with van der Waals surface area (Å²) in [5, 5.41) is 15.4. The third kappa shape index (κ3) is 5.83. The highest BCUT2D eigenvalue weighted by molar-refractivity contribution is 5.96. The van der Waals surface area contributed by atoms with Crippen LogP contribution in [0.25, 0.3) is 16.8 Å². The van der Waals surface area contributed by atoms with Gasteiger partial charge in [0.25, 0.3) is 5.91 Å². The number of tetrazole rings is 1. The average molecular weight is 449 g/mol. The Bertz CT molecular complexity index is 1070. The lowest BCUT2D eigenvalue weighted by molar-refractivity contribution is 0.0342. The van der Waals surface area contributed by atoms with Crippen LogP contribution in [0.3, 0.4) is 0 Å². The fourth-order valence-corrected chi connectivity index (χ4v) is 4.09. The van der Waals surface area contributed by atoms with Crippen molar-refractivity contribution in [1.29, 1.82) is 0 Å². The maximum absolute atomic E-state index is 13.3. The van der Waals surface area contributed by atoms with Gasteiger partial charge in [0.1, 0.15) is 0 Å². The number of aromatic nitrogens is 4. The molecule has 0 saturated carbocycles. The molecule has 1 atom stereocenters. The number of hydrogen-bond acceptors (Lipinski definition) is 6. The van der Waals surface area contributed by atoms with Gasteiger partial charge in [-0.25, -0.2) is 0 Å². The van der Waals surface area contributed by atoms with Crippen LogP contribution in [0.1, 0.15) is 42.0 Å². The van der Waals surface area contributed by atoms with Crippen molar-refractivity contribution in [3.63, 3.8) is 0 Å². The molecule has 8 heteroatoms. The molecule has 3 aromatic rings. The largest absolute Gasteiger partial charge is 0.379 e. The molecule has 1 fully saturated rings. The number of carbonyl (C=O) groups excluding carboxylic acids is 1. The van der Waals surface area contributed by atoms with Gasteiger partial charge in [0.05, 0.1) is 18.9 Å². The summed E-state index contributed by atoms with van der Waals surface area (Å²) < 4.78 is 7.15. The van der Waals surface area contributed by atoms with Crippen molar-refractivity contribution in [3.8, 4) is 16.8 Å². The number of aryl methyl sites for hydroxylation is 2. The Morgan fingerprint density at radius 2 is 1.88 bits per heavy atom. The van der Waals surface area contributed by atoms with Gasteiger partial charge in [0.2, 0.25) is 0 Å². The summed E-state index contributed by atoms with van der Waals surface area (Å²) in [5.74, 6) is 0.682. The summed E-state index contributed by atoms with van der Waals surface area (Å²) in [4.78, 5) is 15.6. The van der Waals surface area contributed by atoms with Crippen LogP contribution in [0.4, 0.5) is 0 Å². The Balaban J connectivity index is 1.63. The number of amides is 1. The van der Waals surface area contributed by atoms with E-state index in [1.807, 2.05) is 25.1 Å². The molecule has 0 aliphatic carbocycles. The fraction of sp³-hybridized carbons (Fsp3) is 0.440. The highest BCUT2D eigenvalue weighted by atomic mass is 16.5. The van der Waals surface area contributed by atoms with Crippen LogP contribution in [0.5, 0.6) is 0 Å². The van der Waals surface area contributed by atoms with Crippen molar-refractivity contribution in [2.45, 2.75) is 39.7 Å².